The predicted molar refractivity (Wildman–Crippen MR) is 34.9 cm³/mol. The third-order valence-electron chi connectivity index (χ3n) is 1.62. The largest absolute Gasteiger partial charge is 0.407 e. The van der Waals surface area contributed by atoms with Crippen LogP contribution in [0.15, 0.2) is 0 Å². The van der Waals surface area contributed by atoms with Crippen LogP contribution in [0.1, 0.15) is 6.42 Å². The van der Waals surface area contributed by atoms with Crippen LogP contribution in [0.3, 0.4) is 0 Å². The van der Waals surface area contributed by atoms with Crippen molar-refractivity contribution in [2.75, 3.05) is 11.5 Å². The van der Waals surface area contributed by atoms with E-state index in [1.54, 1.807) is 0 Å². The Morgan fingerprint density at radius 3 is 2.20 bits per heavy atom. The molecule has 0 spiro atoms. The molecule has 0 aromatic rings. The molecule has 1 atom stereocenters. The van der Waals surface area contributed by atoms with Crippen molar-refractivity contribution in [2.24, 2.45) is 5.73 Å². The van der Waals surface area contributed by atoms with E-state index < -0.39 is 11.7 Å². The van der Waals surface area contributed by atoms with Crippen molar-refractivity contribution in [3.8, 4) is 0 Å². The van der Waals surface area contributed by atoms with Gasteiger partial charge in [-0.1, -0.05) is 0 Å². The smallest absolute Gasteiger partial charge is 0.317 e. The predicted octanol–water partition coefficient (Wildman–Crippen LogP) is 1.38. The van der Waals surface area contributed by atoms with Crippen LogP contribution in [0, 0.1) is 0 Å². The first kappa shape index (κ1) is 8.20. The van der Waals surface area contributed by atoms with E-state index in [9.17, 15) is 13.2 Å². The average molecular weight is 171 g/mol. The van der Waals surface area contributed by atoms with E-state index in [1.807, 2.05) is 0 Å². The first-order chi connectivity index (χ1) is 4.46. The van der Waals surface area contributed by atoms with Crippen LogP contribution in [0.2, 0.25) is 0 Å². The fraction of sp³-hybridized carbons (Fsp3) is 1.00. The second-order valence-electron chi connectivity index (χ2n) is 2.46. The molecule has 60 valence electrons. The number of rotatable bonds is 0. The summed E-state index contributed by atoms with van der Waals surface area (Å²) < 4.78 is 36.0. The van der Waals surface area contributed by atoms with Gasteiger partial charge in [0.25, 0.3) is 0 Å². The highest BCUT2D eigenvalue weighted by molar-refractivity contribution is 7.99. The fourth-order valence-electron chi connectivity index (χ4n) is 0.804. The van der Waals surface area contributed by atoms with Crippen molar-refractivity contribution in [2.45, 2.75) is 18.1 Å². The zero-order valence-corrected chi connectivity index (χ0v) is 6.06. The first-order valence-electron chi connectivity index (χ1n) is 2.89. The maximum absolute atomic E-state index is 12.0. The summed E-state index contributed by atoms with van der Waals surface area (Å²) in [5.41, 5.74) is 3.19. The third kappa shape index (κ3) is 1.25. The number of nitrogens with two attached hydrogens (primary N) is 1. The summed E-state index contributed by atoms with van der Waals surface area (Å²) in [5, 5.41) is 0. The molecule has 0 bridgehead atoms. The Labute approximate surface area is 61.2 Å². The molecule has 1 heterocycles. The lowest BCUT2D eigenvalue weighted by atomic mass is 10.0. The number of alkyl halides is 3. The third-order valence-corrected chi connectivity index (χ3v) is 2.83. The quantitative estimate of drug-likeness (QED) is 0.596. The van der Waals surface area contributed by atoms with Crippen molar-refractivity contribution in [3.63, 3.8) is 0 Å². The van der Waals surface area contributed by atoms with E-state index in [0.717, 1.165) is 0 Å². The molecule has 2 N–H and O–H groups in total. The minimum atomic E-state index is -4.23. The van der Waals surface area contributed by atoms with E-state index in [2.05, 4.69) is 0 Å². The van der Waals surface area contributed by atoms with Gasteiger partial charge >= 0.3 is 6.18 Å². The molecule has 10 heavy (non-hydrogen) atoms. The van der Waals surface area contributed by atoms with Crippen LogP contribution in [0.4, 0.5) is 13.2 Å². The van der Waals surface area contributed by atoms with E-state index in [4.69, 9.17) is 5.73 Å². The molecule has 1 fully saturated rings. The van der Waals surface area contributed by atoms with E-state index in [0.29, 0.717) is 5.75 Å². The second kappa shape index (κ2) is 2.30. The molecule has 0 radical (unpaired) electrons. The highest BCUT2D eigenvalue weighted by Gasteiger charge is 2.53. The molecule has 1 nitrogen and oxygen atoms in total. The summed E-state index contributed by atoms with van der Waals surface area (Å²) in [4.78, 5) is 0. The van der Waals surface area contributed by atoms with Crippen molar-refractivity contribution >= 4 is 11.8 Å². The van der Waals surface area contributed by atoms with E-state index >= 15 is 0 Å². The van der Waals surface area contributed by atoms with Crippen LogP contribution >= 0.6 is 11.8 Å². The zero-order chi connectivity index (χ0) is 7.83. The topological polar surface area (TPSA) is 26.0 Å². The van der Waals surface area contributed by atoms with Crippen LogP contribution in [0.25, 0.3) is 0 Å². The Hall–Kier alpha value is 0.100. The summed E-state index contributed by atoms with van der Waals surface area (Å²) >= 11 is 1.26. The van der Waals surface area contributed by atoms with E-state index in [-0.39, 0.29) is 12.2 Å². The number of hydrogen-bond acceptors (Lipinski definition) is 2. The molecule has 0 aromatic carbocycles. The van der Waals surface area contributed by atoms with Crippen molar-refractivity contribution in [1.29, 1.82) is 0 Å². The standard InChI is InChI=1S/C5H8F3NS/c6-5(7,8)4(9)1-2-10-3-4/h1-3,9H2. The van der Waals surface area contributed by atoms with Gasteiger partial charge in [-0.15, -0.1) is 0 Å². The molecule has 0 amide bonds. The van der Waals surface area contributed by atoms with Crippen molar-refractivity contribution in [1.82, 2.24) is 0 Å². The molecule has 1 aliphatic rings. The Balaban J connectivity index is 2.67. The Kier molecular flexibility index (Phi) is 1.89. The Morgan fingerprint density at radius 2 is 2.00 bits per heavy atom. The van der Waals surface area contributed by atoms with Gasteiger partial charge in [-0.05, 0) is 12.2 Å². The lowest BCUT2D eigenvalue weighted by molar-refractivity contribution is -0.178. The monoisotopic (exact) mass is 171 g/mol. The van der Waals surface area contributed by atoms with Gasteiger partial charge in [0.05, 0.1) is 0 Å². The molecule has 1 saturated heterocycles. The summed E-state index contributed by atoms with van der Waals surface area (Å²) in [7, 11) is 0. The van der Waals surface area contributed by atoms with Crippen LogP contribution < -0.4 is 5.73 Å². The van der Waals surface area contributed by atoms with Gasteiger partial charge in [-0.3, -0.25) is 0 Å². The highest BCUT2D eigenvalue weighted by atomic mass is 32.2. The number of thioether (sulfide) groups is 1. The van der Waals surface area contributed by atoms with Crippen LogP contribution in [-0.4, -0.2) is 23.2 Å². The van der Waals surface area contributed by atoms with E-state index in [1.165, 1.54) is 11.8 Å². The minimum absolute atomic E-state index is 0.0104. The molecule has 1 aliphatic heterocycles. The van der Waals surface area contributed by atoms with Crippen molar-refractivity contribution < 1.29 is 13.2 Å². The molecular weight excluding hydrogens is 163 g/mol. The highest BCUT2D eigenvalue weighted by Crippen LogP contribution is 2.38. The lowest BCUT2D eigenvalue weighted by Crippen LogP contribution is -2.53. The van der Waals surface area contributed by atoms with Crippen LogP contribution in [0.5, 0.6) is 0 Å². The average Bonchev–Trinajstić information content (AvgIpc) is 2.13. The Morgan fingerprint density at radius 1 is 1.40 bits per heavy atom. The fourth-order valence-corrected chi connectivity index (χ4v) is 2.13. The molecule has 1 unspecified atom stereocenters. The summed E-state index contributed by atoms with van der Waals surface area (Å²) in [6.07, 6.45) is -4.17. The Bertz CT molecular complexity index is 127. The summed E-state index contributed by atoms with van der Waals surface area (Å²) in [6, 6.07) is 0. The molecule has 0 saturated carbocycles. The summed E-state index contributed by atoms with van der Waals surface area (Å²) in [5.74, 6) is 0.534. The van der Waals surface area contributed by atoms with Gasteiger partial charge in [0, 0.05) is 5.75 Å². The van der Waals surface area contributed by atoms with Gasteiger partial charge in [-0.25, -0.2) is 0 Å². The maximum atomic E-state index is 12.0. The first-order valence-corrected chi connectivity index (χ1v) is 4.04. The van der Waals surface area contributed by atoms with Gasteiger partial charge in [-0.2, -0.15) is 24.9 Å². The summed E-state index contributed by atoms with van der Waals surface area (Å²) in [6.45, 7) is 0. The van der Waals surface area contributed by atoms with Crippen LogP contribution in [-0.2, 0) is 0 Å². The zero-order valence-electron chi connectivity index (χ0n) is 5.24. The number of halogens is 3. The van der Waals surface area contributed by atoms with Gasteiger partial charge in [0.15, 0.2) is 0 Å². The molecule has 1 rings (SSSR count). The molecular formula is C5H8F3NS. The maximum Gasteiger partial charge on any atom is 0.407 e. The molecule has 0 aliphatic carbocycles. The van der Waals surface area contributed by atoms with Gasteiger partial charge in [0.2, 0.25) is 0 Å². The minimum Gasteiger partial charge on any atom is -0.317 e. The lowest BCUT2D eigenvalue weighted by Gasteiger charge is -2.25. The van der Waals surface area contributed by atoms with Gasteiger partial charge < -0.3 is 5.73 Å². The second-order valence-corrected chi connectivity index (χ2v) is 3.56. The SMILES string of the molecule is NC1(C(F)(F)F)CCSC1. The number of hydrogen-bond donors (Lipinski definition) is 1. The van der Waals surface area contributed by atoms with Gasteiger partial charge in [0.1, 0.15) is 5.54 Å². The normalized spacial score (nSPS) is 34.8. The van der Waals surface area contributed by atoms with Crippen molar-refractivity contribution in [3.05, 3.63) is 0 Å². The molecule has 0 aromatic heterocycles. The molecule has 5 heteroatoms.